The Balaban J connectivity index is 1.41. The maximum atomic E-state index is 13.4. The first-order valence-electron chi connectivity index (χ1n) is 10.4. The van der Waals surface area contributed by atoms with E-state index in [1.807, 2.05) is 43.0 Å². The van der Waals surface area contributed by atoms with Crippen LogP contribution >= 0.6 is 0 Å². The summed E-state index contributed by atoms with van der Waals surface area (Å²) in [6, 6.07) is 8.00. The molecule has 2 atom stereocenters. The molecule has 8 nitrogen and oxygen atoms in total. The topological polar surface area (TPSA) is 80.0 Å². The number of para-hydroxylation sites is 1. The van der Waals surface area contributed by atoms with Crippen LogP contribution < -0.4 is 4.90 Å². The minimum Gasteiger partial charge on any atom is -0.334 e. The highest BCUT2D eigenvalue weighted by molar-refractivity contribution is 5.98. The van der Waals surface area contributed by atoms with Gasteiger partial charge in [-0.2, -0.15) is 15.0 Å². The number of hydrogen-bond acceptors (Lipinski definition) is 6. The number of rotatable bonds is 3. The van der Waals surface area contributed by atoms with Gasteiger partial charge in [-0.15, -0.1) is 0 Å². The second-order valence-corrected chi connectivity index (χ2v) is 8.16. The summed E-state index contributed by atoms with van der Waals surface area (Å²) in [4.78, 5) is 28.8. The average Bonchev–Trinajstić information content (AvgIpc) is 3.37. The van der Waals surface area contributed by atoms with Crippen molar-refractivity contribution in [3.05, 3.63) is 59.2 Å². The van der Waals surface area contributed by atoms with Crippen molar-refractivity contribution in [2.75, 3.05) is 18.0 Å². The van der Waals surface area contributed by atoms with Crippen molar-refractivity contribution in [2.45, 2.75) is 45.7 Å². The van der Waals surface area contributed by atoms with Crippen molar-refractivity contribution in [3.63, 3.8) is 0 Å². The molecule has 2 aliphatic rings. The molecule has 1 amide bonds. The number of aromatic nitrogens is 5. The first-order valence-corrected chi connectivity index (χ1v) is 10.4. The molecule has 154 valence electrons. The van der Waals surface area contributed by atoms with Gasteiger partial charge in [0.15, 0.2) is 0 Å². The van der Waals surface area contributed by atoms with Gasteiger partial charge in [0, 0.05) is 36.6 Å². The first kappa shape index (κ1) is 18.7. The molecule has 3 aromatic rings. The predicted octanol–water partition coefficient (Wildman–Crippen LogP) is 2.48. The summed E-state index contributed by atoms with van der Waals surface area (Å²) in [6.45, 7) is 7.48. The maximum absolute atomic E-state index is 13.4. The Bertz CT molecular complexity index is 1060. The molecule has 0 N–H and O–H groups in total. The van der Waals surface area contributed by atoms with Crippen LogP contribution in [0.5, 0.6) is 0 Å². The van der Waals surface area contributed by atoms with E-state index in [0.29, 0.717) is 24.3 Å². The highest BCUT2D eigenvalue weighted by Gasteiger charge is 2.43. The number of amides is 1. The quantitative estimate of drug-likeness (QED) is 0.668. The van der Waals surface area contributed by atoms with Crippen molar-refractivity contribution in [1.29, 1.82) is 0 Å². The summed E-state index contributed by atoms with van der Waals surface area (Å²) in [5.41, 5.74) is 4.52. The summed E-state index contributed by atoms with van der Waals surface area (Å²) in [7, 11) is 0. The van der Waals surface area contributed by atoms with Crippen LogP contribution in [0.2, 0.25) is 0 Å². The van der Waals surface area contributed by atoms with Crippen LogP contribution in [0, 0.1) is 20.8 Å². The molecule has 0 spiro atoms. The molecule has 2 saturated heterocycles. The number of fused-ring (bicyclic) bond motifs is 2. The first-order chi connectivity index (χ1) is 14.5. The molecule has 0 saturated carbocycles. The van der Waals surface area contributed by atoms with Gasteiger partial charge in [0.05, 0.1) is 23.6 Å². The SMILES string of the molecule is Cc1nc(N2C3CCC2CN(C(=O)c2ccccc2-n2nccn2)C3)nc(C)c1C. The summed E-state index contributed by atoms with van der Waals surface area (Å²) >= 11 is 0. The van der Waals surface area contributed by atoms with E-state index < -0.39 is 0 Å². The van der Waals surface area contributed by atoms with E-state index >= 15 is 0 Å². The number of hydrogen-bond donors (Lipinski definition) is 0. The Morgan fingerprint density at radius 2 is 1.53 bits per heavy atom. The molecule has 2 bridgehead atoms. The lowest BCUT2D eigenvalue weighted by atomic mass is 10.1. The van der Waals surface area contributed by atoms with Gasteiger partial charge >= 0.3 is 0 Å². The minimum atomic E-state index is 0.0247. The molecule has 30 heavy (non-hydrogen) atoms. The lowest BCUT2D eigenvalue weighted by molar-refractivity contribution is 0.0716. The maximum Gasteiger partial charge on any atom is 0.256 e. The number of benzene rings is 1. The van der Waals surface area contributed by atoms with E-state index in [0.717, 1.165) is 35.7 Å². The molecule has 8 heteroatoms. The second-order valence-electron chi connectivity index (χ2n) is 8.16. The van der Waals surface area contributed by atoms with Crippen LogP contribution in [0.3, 0.4) is 0 Å². The molecule has 2 fully saturated rings. The van der Waals surface area contributed by atoms with E-state index in [1.54, 1.807) is 12.4 Å². The van der Waals surface area contributed by atoms with Crippen LogP contribution in [0.25, 0.3) is 5.69 Å². The molecule has 0 aliphatic carbocycles. The van der Waals surface area contributed by atoms with Gasteiger partial charge in [0.2, 0.25) is 5.95 Å². The molecule has 4 heterocycles. The molecule has 1 aromatic carbocycles. The summed E-state index contributed by atoms with van der Waals surface area (Å²) in [6.07, 6.45) is 5.33. The Labute approximate surface area is 175 Å². The van der Waals surface area contributed by atoms with Crippen molar-refractivity contribution < 1.29 is 4.79 Å². The Morgan fingerprint density at radius 3 is 2.17 bits per heavy atom. The predicted molar refractivity (Wildman–Crippen MR) is 113 cm³/mol. The number of nitrogens with zero attached hydrogens (tertiary/aromatic N) is 7. The van der Waals surface area contributed by atoms with Gasteiger partial charge < -0.3 is 9.80 Å². The molecular formula is C22H25N7O. The molecule has 2 aliphatic heterocycles. The van der Waals surface area contributed by atoms with Gasteiger partial charge in [-0.25, -0.2) is 9.97 Å². The van der Waals surface area contributed by atoms with Crippen LogP contribution in [0.1, 0.15) is 40.2 Å². The normalized spacial score (nSPS) is 20.6. The van der Waals surface area contributed by atoms with E-state index in [2.05, 4.69) is 22.0 Å². The molecule has 0 radical (unpaired) electrons. The zero-order valence-electron chi connectivity index (χ0n) is 17.5. The lowest BCUT2D eigenvalue weighted by Crippen LogP contribution is -2.56. The van der Waals surface area contributed by atoms with Crippen molar-refractivity contribution in [2.24, 2.45) is 0 Å². The van der Waals surface area contributed by atoms with Gasteiger partial charge in [-0.3, -0.25) is 4.79 Å². The van der Waals surface area contributed by atoms with Crippen molar-refractivity contribution in [3.8, 4) is 5.69 Å². The van der Waals surface area contributed by atoms with Crippen molar-refractivity contribution in [1.82, 2.24) is 29.9 Å². The molecule has 5 rings (SSSR count). The number of piperazine rings is 1. The number of carbonyl (C=O) groups is 1. The largest absolute Gasteiger partial charge is 0.334 e. The van der Waals surface area contributed by atoms with Crippen LogP contribution in [-0.2, 0) is 0 Å². The standard InChI is InChI=1S/C22H25N7O/c1-14-15(2)25-22(26-16(14)3)28-17-8-9-18(28)13-27(12-17)21(30)19-6-4-5-7-20(19)29-23-10-11-24-29/h4-7,10-11,17-18H,8-9,12-13H2,1-3H3. The number of likely N-dealkylation sites (tertiary alicyclic amines) is 1. The van der Waals surface area contributed by atoms with Gasteiger partial charge in [0.25, 0.3) is 5.91 Å². The van der Waals surface area contributed by atoms with Crippen LogP contribution in [-0.4, -0.2) is 60.9 Å². The average molecular weight is 403 g/mol. The third kappa shape index (κ3) is 3.03. The molecule has 2 aromatic heterocycles. The number of anilines is 1. The summed E-state index contributed by atoms with van der Waals surface area (Å²) in [5.74, 6) is 0.827. The van der Waals surface area contributed by atoms with Crippen LogP contribution in [0.15, 0.2) is 36.7 Å². The van der Waals surface area contributed by atoms with E-state index in [4.69, 9.17) is 9.97 Å². The van der Waals surface area contributed by atoms with Crippen LogP contribution in [0.4, 0.5) is 5.95 Å². The smallest absolute Gasteiger partial charge is 0.256 e. The van der Waals surface area contributed by atoms with Gasteiger partial charge in [-0.05, 0) is 51.3 Å². The summed E-state index contributed by atoms with van der Waals surface area (Å²) < 4.78 is 0. The Morgan fingerprint density at radius 1 is 0.933 bits per heavy atom. The monoisotopic (exact) mass is 403 g/mol. The highest BCUT2D eigenvalue weighted by atomic mass is 16.2. The van der Waals surface area contributed by atoms with Gasteiger partial charge in [0.1, 0.15) is 0 Å². The summed E-state index contributed by atoms with van der Waals surface area (Å²) in [5, 5.41) is 8.40. The molecule has 2 unspecified atom stereocenters. The third-order valence-corrected chi connectivity index (χ3v) is 6.39. The fourth-order valence-electron chi connectivity index (χ4n) is 4.60. The lowest BCUT2D eigenvalue weighted by Gasteiger charge is -2.41. The minimum absolute atomic E-state index is 0.0247. The van der Waals surface area contributed by atoms with E-state index in [9.17, 15) is 4.79 Å². The number of carbonyl (C=O) groups excluding carboxylic acids is 1. The number of aryl methyl sites for hydroxylation is 2. The Hall–Kier alpha value is -3.29. The third-order valence-electron chi connectivity index (χ3n) is 6.39. The van der Waals surface area contributed by atoms with E-state index in [-0.39, 0.29) is 18.0 Å². The fourth-order valence-corrected chi connectivity index (χ4v) is 4.60. The second kappa shape index (κ2) is 7.19. The van der Waals surface area contributed by atoms with Crippen molar-refractivity contribution >= 4 is 11.9 Å². The van der Waals surface area contributed by atoms with Gasteiger partial charge in [-0.1, -0.05) is 12.1 Å². The fraction of sp³-hybridized carbons (Fsp3) is 0.409. The zero-order chi connectivity index (χ0) is 20.8. The molecular weight excluding hydrogens is 378 g/mol. The zero-order valence-corrected chi connectivity index (χ0v) is 17.5. The Kier molecular flexibility index (Phi) is 4.49. The van der Waals surface area contributed by atoms with E-state index in [1.165, 1.54) is 4.80 Å². The highest BCUT2D eigenvalue weighted by Crippen LogP contribution is 2.34.